The van der Waals surface area contributed by atoms with Crippen LogP contribution in [0.3, 0.4) is 0 Å². The molecule has 6 nitrogen and oxygen atoms in total. The topological polar surface area (TPSA) is 75.9 Å². The number of benzene rings is 2. The number of fused-ring (bicyclic) bond motifs is 1. The Labute approximate surface area is 169 Å². The van der Waals surface area contributed by atoms with Crippen molar-refractivity contribution in [3.05, 3.63) is 72.9 Å². The maximum atomic E-state index is 9.78. The van der Waals surface area contributed by atoms with Crippen molar-refractivity contribution >= 4 is 16.7 Å². The number of aromatic nitrogens is 4. The molecule has 0 aliphatic heterocycles. The van der Waals surface area contributed by atoms with Crippen LogP contribution in [-0.2, 0) is 13.0 Å². The Morgan fingerprint density at radius 2 is 1.97 bits per heavy atom. The Morgan fingerprint density at radius 3 is 2.79 bits per heavy atom. The van der Waals surface area contributed by atoms with E-state index in [0.29, 0.717) is 18.9 Å². The summed E-state index contributed by atoms with van der Waals surface area (Å²) >= 11 is 0. The van der Waals surface area contributed by atoms with Gasteiger partial charge in [-0.3, -0.25) is 0 Å². The molecule has 0 bridgehead atoms. The molecule has 4 rings (SSSR count). The molecule has 144 valence electrons. The highest BCUT2D eigenvalue weighted by atomic mass is 16.3. The molecule has 1 atom stereocenters. The van der Waals surface area contributed by atoms with E-state index in [1.165, 1.54) is 5.39 Å². The van der Waals surface area contributed by atoms with E-state index >= 15 is 0 Å². The molecule has 0 radical (unpaired) electrons. The van der Waals surface area contributed by atoms with E-state index in [9.17, 15) is 5.11 Å². The summed E-state index contributed by atoms with van der Waals surface area (Å²) in [6, 6.07) is 16.1. The number of nitrogens with one attached hydrogen (secondary N) is 1. The van der Waals surface area contributed by atoms with Gasteiger partial charge in [0.25, 0.3) is 0 Å². The molecule has 0 amide bonds. The minimum Gasteiger partial charge on any atom is -0.394 e. The second-order valence-electron chi connectivity index (χ2n) is 6.80. The lowest BCUT2D eigenvalue weighted by Crippen LogP contribution is -2.27. The average molecular weight is 383 g/mol. The lowest BCUT2D eigenvalue weighted by Gasteiger charge is -2.15. The molecule has 0 fully saturated rings. The summed E-state index contributed by atoms with van der Waals surface area (Å²) in [6.07, 6.45) is 11.2. The van der Waals surface area contributed by atoms with Crippen LogP contribution in [0, 0.1) is 12.3 Å². The first-order valence-corrected chi connectivity index (χ1v) is 9.39. The molecule has 2 heterocycles. The largest absolute Gasteiger partial charge is 0.394 e. The number of aliphatic hydroxyl groups is 1. The smallest absolute Gasteiger partial charge is 0.223 e. The molecule has 2 N–H and O–H groups in total. The second-order valence-corrected chi connectivity index (χ2v) is 6.80. The Bertz CT molecular complexity index is 1160. The maximum absolute atomic E-state index is 9.78. The number of nitrogens with zero attached hydrogens (tertiary/aromatic N) is 4. The fourth-order valence-corrected chi connectivity index (χ4v) is 3.24. The summed E-state index contributed by atoms with van der Waals surface area (Å²) in [5, 5.41) is 15.3. The summed E-state index contributed by atoms with van der Waals surface area (Å²) in [4.78, 5) is 13.3. The fourth-order valence-electron chi connectivity index (χ4n) is 3.24. The minimum atomic E-state index is -0.254. The summed E-state index contributed by atoms with van der Waals surface area (Å²) < 4.78 is 1.83. The third-order valence-corrected chi connectivity index (χ3v) is 4.67. The van der Waals surface area contributed by atoms with E-state index in [2.05, 4.69) is 56.5 Å². The van der Waals surface area contributed by atoms with E-state index in [4.69, 9.17) is 6.42 Å². The molecule has 4 aromatic rings. The Hall–Kier alpha value is -3.69. The Morgan fingerprint density at radius 1 is 1.10 bits per heavy atom. The second kappa shape index (κ2) is 8.55. The summed E-state index contributed by atoms with van der Waals surface area (Å²) in [6.45, 7) is 0.409. The summed E-state index contributed by atoms with van der Waals surface area (Å²) in [5.41, 5.74) is 2.68. The molecule has 0 unspecified atom stereocenters. The van der Waals surface area contributed by atoms with Gasteiger partial charge in [0.05, 0.1) is 36.9 Å². The Balaban J connectivity index is 1.51. The van der Waals surface area contributed by atoms with E-state index < -0.39 is 0 Å². The van der Waals surface area contributed by atoms with Crippen molar-refractivity contribution in [1.82, 2.24) is 19.5 Å². The molecule has 0 aliphatic rings. The fraction of sp³-hybridized carbons (Fsp3) is 0.174. The number of rotatable bonds is 7. The summed E-state index contributed by atoms with van der Waals surface area (Å²) in [5.74, 6) is 3.05. The highest BCUT2D eigenvalue weighted by Crippen LogP contribution is 2.23. The zero-order valence-corrected chi connectivity index (χ0v) is 15.9. The first kappa shape index (κ1) is 18.7. The minimum absolute atomic E-state index is 0.0639. The van der Waals surface area contributed by atoms with E-state index in [-0.39, 0.29) is 12.6 Å². The predicted molar refractivity (Wildman–Crippen MR) is 114 cm³/mol. The van der Waals surface area contributed by atoms with Crippen molar-refractivity contribution in [2.24, 2.45) is 0 Å². The average Bonchev–Trinajstić information content (AvgIpc) is 3.20. The molecule has 2 aromatic carbocycles. The first-order valence-electron chi connectivity index (χ1n) is 9.39. The standard InChI is InChI=1S/C23H21N5O/c1-2-11-28-14-20(25-16-28)13-21(15-29)26-23-24-10-9-22(27-23)19-8-7-17-5-3-4-6-18(17)12-19/h1,3-10,12,14,16,21,29H,11,13,15H2,(H,24,26,27)/t21-/m0/s1. The number of imidazole rings is 1. The molecule has 6 heteroatoms. The first-order chi connectivity index (χ1) is 14.2. The lowest BCUT2D eigenvalue weighted by atomic mass is 10.1. The SMILES string of the molecule is C#CCn1cnc(C[C@@H](CO)Nc2nccc(-c3ccc4ccccc4c3)n2)c1. The van der Waals surface area contributed by atoms with Crippen LogP contribution in [0.25, 0.3) is 22.0 Å². The Kier molecular flexibility index (Phi) is 5.50. The van der Waals surface area contributed by atoms with Crippen molar-refractivity contribution in [3.63, 3.8) is 0 Å². The van der Waals surface area contributed by atoms with Gasteiger partial charge in [0.15, 0.2) is 0 Å². The van der Waals surface area contributed by atoms with Crippen LogP contribution in [0.15, 0.2) is 67.3 Å². The summed E-state index contributed by atoms with van der Waals surface area (Å²) in [7, 11) is 0. The van der Waals surface area contributed by atoms with Crippen LogP contribution in [-0.4, -0.2) is 37.3 Å². The van der Waals surface area contributed by atoms with Crippen molar-refractivity contribution in [3.8, 4) is 23.6 Å². The lowest BCUT2D eigenvalue weighted by molar-refractivity contribution is 0.272. The van der Waals surface area contributed by atoms with Gasteiger partial charge in [-0.25, -0.2) is 15.0 Å². The number of anilines is 1. The van der Waals surface area contributed by atoms with Gasteiger partial charge in [0.2, 0.25) is 5.95 Å². The number of aliphatic hydroxyl groups excluding tert-OH is 1. The molecule has 0 saturated carbocycles. The molecule has 0 aliphatic carbocycles. The van der Waals surface area contributed by atoms with Gasteiger partial charge in [-0.15, -0.1) is 6.42 Å². The number of hydrogen-bond acceptors (Lipinski definition) is 5. The molecule has 2 aromatic heterocycles. The number of terminal acetylenes is 1. The van der Waals surface area contributed by atoms with Gasteiger partial charge in [-0.05, 0) is 22.9 Å². The highest BCUT2D eigenvalue weighted by Gasteiger charge is 2.13. The third kappa shape index (κ3) is 4.42. The van der Waals surface area contributed by atoms with Crippen LogP contribution in [0.1, 0.15) is 5.69 Å². The van der Waals surface area contributed by atoms with Gasteiger partial charge in [-0.2, -0.15) is 0 Å². The van der Waals surface area contributed by atoms with Crippen LogP contribution >= 0.6 is 0 Å². The van der Waals surface area contributed by atoms with Crippen LogP contribution in [0.4, 0.5) is 5.95 Å². The van der Waals surface area contributed by atoms with E-state index in [0.717, 1.165) is 22.3 Å². The zero-order chi connectivity index (χ0) is 20.1. The number of hydrogen-bond donors (Lipinski definition) is 2. The van der Waals surface area contributed by atoms with Crippen LogP contribution in [0.5, 0.6) is 0 Å². The van der Waals surface area contributed by atoms with Crippen molar-refractivity contribution < 1.29 is 5.11 Å². The molecule has 29 heavy (non-hydrogen) atoms. The quantitative estimate of drug-likeness (QED) is 0.480. The highest BCUT2D eigenvalue weighted by molar-refractivity contribution is 5.86. The van der Waals surface area contributed by atoms with Crippen molar-refractivity contribution in [1.29, 1.82) is 0 Å². The van der Waals surface area contributed by atoms with Crippen molar-refractivity contribution in [2.75, 3.05) is 11.9 Å². The monoisotopic (exact) mass is 383 g/mol. The molecule has 0 saturated heterocycles. The molecule has 0 spiro atoms. The predicted octanol–water partition coefficient (Wildman–Crippen LogP) is 3.14. The van der Waals surface area contributed by atoms with Gasteiger partial charge in [0, 0.05) is 24.4 Å². The molecular weight excluding hydrogens is 362 g/mol. The van der Waals surface area contributed by atoms with E-state index in [1.54, 1.807) is 12.5 Å². The zero-order valence-electron chi connectivity index (χ0n) is 15.9. The van der Waals surface area contributed by atoms with Crippen LogP contribution < -0.4 is 5.32 Å². The normalized spacial score (nSPS) is 11.9. The van der Waals surface area contributed by atoms with Gasteiger partial charge >= 0.3 is 0 Å². The van der Waals surface area contributed by atoms with Gasteiger partial charge in [-0.1, -0.05) is 42.3 Å². The third-order valence-electron chi connectivity index (χ3n) is 4.67. The van der Waals surface area contributed by atoms with Gasteiger partial charge in [0.1, 0.15) is 0 Å². The van der Waals surface area contributed by atoms with E-state index in [1.807, 2.05) is 29.0 Å². The maximum Gasteiger partial charge on any atom is 0.223 e. The van der Waals surface area contributed by atoms with Crippen molar-refractivity contribution in [2.45, 2.75) is 19.0 Å². The van der Waals surface area contributed by atoms with Crippen LogP contribution in [0.2, 0.25) is 0 Å². The van der Waals surface area contributed by atoms with Gasteiger partial charge < -0.3 is 15.0 Å². The molecular formula is C23H21N5O.